The Morgan fingerprint density at radius 2 is 1.65 bits per heavy atom. The number of carbonyl (C=O) groups is 3. The Morgan fingerprint density at radius 3 is 2.13 bits per heavy atom. The van der Waals surface area contributed by atoms with Crippen LogP contribution in [0.4, 0.5) is 10.5 Å². The second-order valence-corrected chi connectivity index (χ2v) is 5.65. The monoisotopic (exact) mass is 318 g/mol. The zero-order valence-electron chi connectivity index (χ0n) is 13.4. The topological polar surface area (TPSA) is 95.7 Å². The molecule has 1 unspecified atom stereocenters. The van der Waals surface area contributed by atoms with Gasteiger partial charge in [0.15, 0.2) is 5.78 Å². The van der Waals surface area contributed by atoms with E-state index in [0.29, 0.717) is 31.7 Å². The largest absolute Gasteiger partial charge is 0.368 e. The molecule has 23 heavy (non-hydrogen) atoms. The molecule has 0 spiro atoms. The van der Waals surface area contributed by atoms with Crippen molar-refractivity contribution in [3.8, 4) is 0 Å². The number of hydrogen-bond acceptors (Lipinski definition) is 4. The van der Waals surface area contributed by atoms with Crippen LogP contribution in [-0.4, -0.2) is 54.8 Å². The molecule has 1 aliphatic rings. The molecule has 1 aromatic rings. The number of Topliss-reactive ketones (excluding diaryl/α,β-unsaturated/α-hetero) is 1. The molecule has 1 aliphatic heterocycles. The van der Waals surface area contributed by atoms with Gasteiger partial charge < -0.3 is 20.9 Å². The molecule has 1 fully saturated rings. The number of hydrogen-bond donors (Lipinski definition) is 2. The molecule has 3 amide bonds. The van der Waals surface area contributed by atoms with E-state index in [4.69, 9.17) is 5.73 Å². The second kappa shape index (κ2) is 7.13. The minimum Gasteiger partial charge on any atom is -0.368 e. The van der Waals surface area contributed by atoms with Crippen LogP contribution >= 0.6 is 0 Å². The number of rotatable bonds is 4. The third-order valence-electron chi connectivity index (χ3n) is 3.96. The van der Waals surface area contributed by atoms with Gasteiger partial charge in [0.1, 0.15) is 6.04 Å². The van der Waals surface area contributed by atoms with E-state index in [1.54, 1.807) is 18.7 Å². The molecule has 3 N–H and O–H groups in total. The smallest absolute Gasteiger partial charge is 0.312 e. The number of carbonyl (C=O) groups excluding carboxylic acids is 3. The number of nitrogens with one attached hydrogen (secondary N) is 1. The first-order valence-electron chi connectivity index (χ1n) is 7.59. The van der Waals surface area contributed by atoms with Crippen molar-refractivity contribution in [2.24, 2.45) is 5.73 Å². The van der Waals surface area contributed by atoms with Crippen molar-refractivity contribution in [2.75, 3.05) is 31.1 Å². The van der Waals surface area contributed by atoms with Gasteiger partial charge in [-0.05, 0) is 38.1 Å². The lowest BCUT2D eigenvalue weighted by Crippen LogP contribution is -2.54. The maximum absolute atomic E-state index is 12.2. The number of anilines is 1. The number of amides is 3. The highest BCUT2D eigenvalue weighted by atomic mass is 16.2. The molecule has 0 aromatic heterocycles. The summed E-state index contributed by atoms with van der Waals surface area (Å²) in [6.45, 7) is 5.74. The second-order valence-electron chi connectivity index (χ2n) is 5.65. The maximum atomic E-state index is 12.2. The molecule has 0 aliphatic carbocycles. The van der Waals surface area contributed by atoms with E-state index in [9.17, 15) is 14.4 Å². The molecule has 1 saturated heterocycles. The van der Waals surface area contributed by atoms with E-state index in [0.717, 1.165) is 5.69 Å². The van der Waals surface area contributed by atoms with Crippen LogP contribution in [0.1, 0.15) is 24.2 Å². The van der Waals surface area contributed by atoms with Gasteiger partial charge in [0, 0.05) is 37.4 Å². The molecule has 0 radical (unpaired) electrons. The molecule has 1 aromatic carbocycles. The lowest BCUT2D eigenvalue weighted by atomic mass is 10.1. The normalized spacial score (nSPS) is 15.9. The number of nitrogens with two attached hydrogens (primary N) is 1. The summed E-state index contributed by atoms with van der Waals surface area (Å²) in [6.07, 6.45) is 0. The van der Waals surface area contributed by atoms with Crippen LogP contribution in [-0.2, 0) is 4.79 Å². The van der Waals surface area contributed by atoms with Gasteiger partial charge in [-0.25, -0.2) is 4.79 Å². The number of piperazine rings is 1. The molecule has 1 heterocycles. The molecule has 0 saturated carbocycles. The first-order valence-corrected chi connectivity index (χ1v) is 7.59. The summed E-state index contributed by atoms with van der Waals surface area (Å²) in [5.74, 6) is -0.0849. The average Bonchev–Trinajstić information content (AvgIpc) is 2.53. The molecule has 7 heteroatoms. The molecule has 7 nitrogen and oxygen atoms in total. The lowest BCUT2D eigenvalue weighted by molar-refractivity contribution is -0.133. The number of primary amides is 1. The van der Waals surface area contributed by atoms with Gasteiger partial charge in [-0.3, -0.25) is 9.59 Å². The van der Waals surface area contributed by atoms with Crippen molar-refractivity contribution >= 4 is 23.4 Å². The van der Waals surface area contributed by atoms with Crippen LogP contribution in [0.2, 0.25) is 0 Å². The molecular weight excluding hydrogens is 296 g/mol. The Labute approximate surface area is 135 Å². The average molecular weight is 318 g/mol. The van der Waals surface area contributed by atoms with E-state index in [1.165, 1.54) is 0 Å². The van der Waals surface area contributed by atoms with E-state index in [2.05, 4.69) is 10.2 Å². The fourth-order valence-electron chi connectivity index (χ4n) is 2.64. The number of benzene rings is 1. The van der Waals surface area contributed by atoms with Gasteiger partial charge in [-0.1, -0.05) is 0 Å². The maximum Gasteiger partial charge on any atom is 0.312 e. The minimum atomic E-state index is -0.699. The first kappa shape index (κ1) is 16.8. The highest BCUT2D eigenvalue weighted by Crippen LogP contribution is 2.18. The fraction of sp³-hybridized carbons (Fsp3) is 0.438. The van der Waals surface area contributed by atoms with Crippen molar-refractivity contribution in [1.29, 1.82) is 0 Å². The van der Waals surface area contributed by atoms with Crippen LogP contribution in [0.25, 0.3) is 0 Å². The number of urea groups is 1. The SMILES string of the molecule is CC(=O)c1ccc(N2CCN(C(=O)C(C)NC(N)=O)CC2)cc1. The predicted octanol–water partition coefficient (Wildman–Crippen LogP) is 0.595. The summed E-state index contributed by atoms with van der Waals surface area (Å²) in [5, 5.41) is 2.40. The quantitative estimate of drug-likeness (QED) is 0.794. The van der Waals surface area contributed by atoms with E-state index >= 15 is 0 Å². The molecule has 2 rings (SSSR count). The summed E-state index contributed by atoms with van der Waals surface area (Å²) in [5.41, 5.74) is 6.76. The highest BCUT2D eigenvalue weighted by molar-refractivity contribution is 5.94. The summed E-state index contributed by atoms with van der Waals surface area (Å²) in [6, 6.07) is 6.16. The van der Waals surface area contributed by atoms with Crippen LogP contribution in [0.15, 0.2) is 24.3 Å². The predicted molar refractivity (Wildman–Crippen MR) is 87.4 cm³/mol. The molecular formula is C16H22N4O3. The zero-order chi connectivity index (χ0) is 17.0. The number of ketones is 1. The summed E-state index contributed by atoms with van der Waals surface area (Å²) in [4.78, 5) is 38.2. The van der Waals surface area contributed by atoms with Gasteiger partial charge in [0.05, 0.1) is 0 Å². The van der Waals surface area contributed by atoms with E-state index in [-0.39, 0.29) is 11.7 Å². The van der Waals surface area contributed by atoms with Gasteiger partial charge in [0.25, 0.3) is 0 Å². The molecule has 124 valence electrons. The fourth-order valence-corrected chi connectivity index (χ4v) is 2.64. The molecule has 1 atom stereocenters. The third kappa shape index (κ3) is 4.21. The van der Waals surface area contributed by atoms with Crippen LogP contribution in [0, 0.1) is 0 Å². The zero-order valence-corrected chi connectivity index (χ0v) is 13.4. The van der Waals surface area contributed by atoms with Crippen LogP contribution in [0.3, 0.4) is 0 Å². The summed E-state index contributed by atoms with van der Waals surface area (Å²) in [7, 11) is 0. The van der Waals surface area contributed by atoms with Crippen molar-refractivity contribution in [3.63, 3.8) is 0 Å². The standard InChI is InChI=1S/C16H22N4O3/c1-11(18-16(17)23)15(22)20-9-7-19(8-10-20)14-5-3-13(4-6-14)12(2)21/h3-6,11H,7-10H2,1-2H3,(H3,17,18,23). The van der Waals surface area contributed by atoms with Crippen LogP contribution in [0.5, 0.6) is 0 Å². The Balaban J connectivity index is 1.91. The van der Waals surface area contributed by atoms with Crippen molar-refractivity contribution in [3.05, 3.63) is 29.8 Å². The molecule has 0 bridgehead atoms. The first-order chi connectivity index (χ1) is 10.9. The Kier molecular flexibility index (Phi) is 5.20. The highest BCUT2D eigenvalue weighted by Gasteiger charge is 2.25. The minimum absolute atomic E-state index is 0.0444. The van der Waals surface area contributed by atoms with E-state index < -0.39 is 12.1 Å². The number of nitrogens with zero attached hydrogens (tertiary/aromatic N) is 2. The Hall–Kier alpha value is -2.57. The van der Waals surface area contributed by atoms with Crippen molar-refractivity contribution in [1.82, 2.24) is 10.2 Å². The van der Waals surface area contributed by atoms with Gasteiger partial charge in [-0.15, -0.1) is 0 Å². The van der Waals surface area contributed by atoms with Crippen molar-refractivity contribution < 1.29 is 14.4 Å². The van der Waals surface area contributed by atoms with Crippen LogP contribution < -0.4 is 16.0 Å². The van der Waals surface area contributed by atoms with Crippen molar-refractivity contribution in [2.45, 2.75) is 19.9 Å². The van der Waals surface area contributed by atoms with E-state index in [1.807, 2.05) is 24.3 Å². The Morgan fingerprint density at radius 1 is 1.09 bits per heavy atom. The van der Waals surface area contributed by atoms with Gasteiger partial charge >= 0.3 is 6.03 Å². The Bertz CT molecular complexity index is 592. The third-order valence-corrected chi connectivity index (χ3v) is 3.96. The summed E-state index contributed by atoms with van der Waals surface area (Å²) >= 11 is 0. The lowest BCUT2D eigenvalue weighted by Gasteiger charge is -2.37. The summed E-state index contributed by atoms with van der Waals surface area (Å²) < 4.78 is 0. The van der Waals surface area contributed by atoms with Gasteiger partial charge in [0.2, 0.25) is 5.91 Å². The van der Waals surface area contributed by atoms with Gasteiger partial charge in [-0.2, -0.15) is 0 Å².